The van der Waals surface area contributed by atoms with Crippen molar-refractivity contribution < 1.29 is 9.21 Å². The number of alkyl halides is 1. The van der Waals surface area contributed by atoms with Crippen LogP contribution in [0.5, 0.6) is 0 Å². The largest absolute Gasteiger partial charge is 0.456 e. The Labute approximate surface area is 98.8 Å². The lowest BCUT2D eigenvalue weighted by atomic mass is 10.1. The van der Waals surface area contributed by atoms with Crippen molar-refractivity contribution in [2.75, 3.05) is 0 Å². The highest BCUT2D eigenvalue weighted by Crippen LogP contribution is 2.15. The van der Waals surface area contributed by atoms with Gasteiger partial charge in [-0.05, 0) is 19.1 Å². The minimum absolute atomic E-state index is 0.114. The van der Waals surface area contributed by atoms with Crippen LogP contribution in [-0.2, 0) is 5.88 Å². The van der Waals surface area contributed by atoms with Crippen molar-refractivity contribution in [3.63, 3.8) is 0 Å². The summed E-state index contributed by atoms with van der Waals surface area (Å²) in [5.41, 5.74) is 1.75. The molecule has 2 aromatic rings. The molecule has 0 amide bonds. The molecule has 0 saturated heterocycles. The first-order valence-electron chi connectivity index (χ1n) is 4.97. The Balaban J connectivity index is 2.28. The summed E-state index contributed by atoms with van der Waals surface area (Å²) in [7, 11) is 0. The monoisotopic (exact) mass is 234 g/mol. The van der Waals surface area contributed by atoms with Crippen LogP contribution in [0.15, 0.2) is 40.8 Å². The molecule has 1 aromatic heterocycles. The number of halogens is 1. The molecule has 0 fully saturated rings. The Morgan fingerprint density at radius 1 is 1.19 bits per heavy atom. The topological polar surface area (TPSA) is 30.2 Å². The summed E-state index contributed by atoms with van der Waals surface area (Å²) in [6.45, 7) is 1.98. The van der Waals surface area contributed by atoms with Gasteiger partial charge in [0.25, 0.3) is 0 Å². The molecule has 82 valence electrons. The Morgan fingerprint density at radius 2 is 1.88 bits per heavy atom. The zero-order chi connectivity index (χ0) is 11.5. The molecule has 0 atom stereocenters. The van der Waals surface area contributed by atoms with Gasteiger partial charge in [-0.1, -0.05) is 29.8 Å². The summed E-state index contributed by atoms with van der Waals surface area (Å²) in [5, 5.41) is 0. The van der Waals surface area contributed by atoms with Crippen LogP contribution in [0, 0.1) is 6.92 Å². The van der Waals surface area contributed by atoms with E-state index < -0.39 is 0 Å². The molecule has 0 aliphatic heterocycles. The zero-order valence-electron chi connectivity index (χ0n) is 8.87. The van der Waals surface area contributed by atoms with E-state index in [-0.39, 0.29) is 11.7 Å². The molecule has 0 aliphatic rings. The molecule has 1 heterocycles. The predicted molar refractivity (Wildman–Crippen MR) is 62.9 cm³/mol. The Kier molecular flexibility index (Phi) is 3.11. The second-order valence-electron chi connectivity index (χ2n) is 3.59. The van der Waals surface area contributed by atoms with Gasteiger partial charge in [-0.25, -0.2) is 0 Å². The van der Waals surface area contributed by atoms with Gasteiger partial charge in [-0.3, -0.25) is 4.79 Å². The fourth-order valence-electron chi connectivity index (χ4n) is 1.42. The number of carbonyl (C=O) groups is 1. The number of benzene rings is 1. The predicted octanol–water partition coefficient (Wildman–Crippen LogP) is 3.56. The van der Waals surface area contributed by atoms with Crippen LogP contribution in [0.3, 0.4) is 0 Å². The van der Waals surface area contributed by atoms with Crippen molar-refractivity contribution in [3.8, 4) is 0 Å². The van der Waals surface area contributed by atoms with Gasteiger partial charge in [-0.2, -0.15) is 0 Å². The molecule has 0 saturated carbocycles. The molecule has 16 heavy (non-hydrogen) atoms. The first-order valence-corrected chi connectivity index (χ1v) is 5.50. The smallest absolute Gasteiger partial charge is 0.228 e. The average Bonchev–Trinajstić information content (AvgIpc) is 2.77. The van der Waals surface area contributed by atoms with E-state index in [1.807, 2.05) is 19.1 Å². The average molecular weight is 235 g/mol. The molecule has 0 N–H and O–H groups in total. The summed E-state index contributed by atoms with van der Waals surface area (Å²) >= 11 is 5.61. The summed E-state index contributed by atoms with van der Waals surface area (Å²) in [6.07, 6.45) is 0. The summed E-state index contributed by atoms with van der Waals surface area (Å²) < 4.78 is 5.30. The standard InChI is InChI=1S/C13H11ClO2/c1-9-2-4-10(5-3-9)13(15)12-7-6-11(8-14)16-12/h2-7H,8H2,1H3. The Morgan fingerprint density at radius 3 is 2.44 bits per heavy atom. The van der Waals surface area contributed by atoms with Gasteiger partial charge < -0.3 is 4.42 Å². The normalized spacial score (nSPS) is 10.4. The number of hydrogen-bond donors (Lipinski definition) is 0. The number of carbonyl (C=O) groups excluding carboxylic acids is 1. The summed E-state index contributed by atoms with van der Waals surface area (Å²) in [4.78, 5) is 12.0. The Bertz CT molecular complexity index is 497. The number of ketones is 1. The third kappa shape index (κ3) is 2.17. The maximum atomic E-state index is 12.0. The van der Waals surface area contributed by atoms with Crippen LogP contribution in [0.2, 0.25) is 0 Å². The van der Waals surface area contributed by atoms with Gasteiger partial charge in [-0.15, -0.1) is 11.6 Å². The van der Waals surface area contributed by atoms with Gasteiger partial charge in [0, 0.05) is 5.56 Å². The maximum Gasteiger partial charge on any atom is 0.228 e. The number of rotatable bonds is 3. The van der Waals surface area contributed by atoms with E-state index in [0.717, 1.165) is 5.56 Å². The van der Waals surface area contributed by atoms with Crippen molar-refractivity contribution in [1.82, 2.24) is 0 Å². The second kappa shape index (κ2) is 4.54. The van der Waals surface area contributed by atoms with E-state index in [0.29, 0.717) is 17.1 Å². The van der Waals surface area contributed by atoms with Crippen molar-refractivity contribution in [3.05, 3.63) is 59.0 Å². The highest BCUT2D eigenvalue weighted by molar-refractivity contribution is 6.16. The lowest BCUT2D eigenvalue weighted by Crippen LogP contribution is -1.99. The van der Waals surface area contributed by atoms with Crippen molar-refractivity contribution in [2.24, 2.45) is 0 Å². The van der Waals surface area contributed by atoms with Crippen LogP contribution in [0.25, 0.3) is 0 Å². The molecule has 2 rings (SSSR count). The van der Waals surface area contributed by atoms with Gasteiger partial charge >= 0.3 is 0 Å². The molecule has 1 aromatic carbocycles. The first kappa shape index (κ1) is 11.0. The van der Waals surface area contributed by atoms with Gasteiger partial charge in [0.2, 0.25) is 5.78 Å². The minimum Gasteiger partial charge on any atom is -0.456 e. The van der Waals surface area contributed by atoms with Crippen molar-refractivity contribution in [1.29, 1.82) is 0 Å². The highest BCUT2D eigenvalue weighted by Gasteiger charge is 2.12. The van der Waals surface area contributed by atoms with Crippen molar-refractivity contribution in [2.45, 2.75) is 12.8 Å². The molecule has 3 heteroatoms. The molecular weight excluding hydrogens is 224 g/mol. The lowest BCUT2D eigenvalue weighted by molar-refractivity contribution is 0.101. The van der Waals surface area contributed by atoms with Crippen LogP contribution < -0.4 is 0 Å². The lowest BCUT2D eigenvalue weighted by Gasteiger charge is -1.98. The summed E-state index contributed by atoms with van der Waals surface area (Å²) in [5.74, 6) is 1.11. The van der Waals surface area contributed by atoms with Gasteiger partial charge in [0.15, 0.2) is 5.76 Å². The van der Waals surface area contributed by atoms with E-state index >= 15 is 0 Å². The third-order valence-electron chi connectivity index (χ3n) is 2.33. The quantitative estimate of drug-likeness (QED) is 0.601. The second-order valence-corrected chi connectivity index (χ2v) is 3.86. The van der Waals surface area contributed by atoms with E-state index in [2.05, 4.69) is 0 Å². The Hall–Kier alpha value is -1.54. The first-order chi connectivity index (χ1) is 7.70. The van der Waals surface area contributed by atoms with E-state index in [1.54, 1.807) is 24.3 Å². The number of furan rings is 1. The molecule has 0 unspecified atom stereocenters. The molecule has 0 bridgehead atoms. The fourth-order valence-corrected chi connectivity index (χ4v) is 1.56. The van der Waals surface area contributed by atoms with Crippen LogP contribution in [0.4, 0.5) is 0 Å². The minimum atomic E-state index is -0.114. The fraction of sp³-hybridized carbons (Fsp3) is 0.154. The van der Waals surface area contributed by atoms with E-state index in [9.17, 15) is 4.79 Å². The highest BCUT2D eigenvalue weighted by atomic mass is 35.5. The third-order valence-corrected chi connectivity index (χ3v) is 2.59. The van der Waals surface area contributed by atoms with E-state index in [1.165, 1.54) is 0 Å². The maximum absolute atomic E-state index is 12.0. The van der Waals surface area contributed by atoms with Gasteiger partial charge in [0.05, 0.1) is 5.88 Å². The van der Waals surface area contributed by atoms with Crippen molar-refractivity contribution >= 4 is 17.4 Å². The van der Waals surface area contributed by atoms with Gasteiger partial charge in [0.1, 0.15) is 5.76 Å². The van der Waals surface area contributed by atoms with E-state index in [4.69, 9.17) is 16.0 Å². The molecule has 0 radical (unpaired) electrons. The molecule has 0 aliphatic carbocycles. The molecule has 0 spiro atoms. The number of hydrogen-bond acceptors (Lipinski definition) is 2. The van der Waals surface area contributed by atoms with Crippen LogP contribution >= 0.6 is 11.6 Å². The molecule has 2 nitrogen and oxygen atoms in total. The number of aryl methyl sites for hydroxylation is 1. The molecular formula is C13H11ClO2. The van der Waals surface area contributed by atoms with Crippen LogP contribution in [-0.4, -0.2) is 5.78 Å². The summed E-state index contributed by atoms with van der Waals surface area (Å²) in [6, 6.07) is 10.8. The van der Waals surface area contributed by atoms with Crippen LogP contribution in [0.1, 0.15) is 27.4 Å². The zero-order valence-corrected chi connectivity index (χ0v) is 9.62. The SMILES string of the molecule is Cc1ccc(C(=O)c2ccc(CCl)o2)cc1.